The molecule has 0 bridgehead atoms. The molecule has 1 aliphatic rings. The third kappa shape index (κ3) is 1.81. The summed E-state index contributed by atoms with van der Waals surface area (Å²) in [5.41, 5.74) is 9.48. The van der Waals surface area contributed by atoms with Crippen molar-refractivity contribution in [3.63, 3.8) is 0 Å². The molecule has 3 rings (SSSR count). The van der Waals surface area contributed by atoms with Gasteiger partial charge in [0, 0.05) is 20.2 Å². The smallest absolute Gasteiger partial charge is 0.149 e. The topological polar surface area (TPSA) is 43.8 Å². The number of anilines is 1. The van der Waals surface area contributed by atoms with Gasteiger partial charge in [-0.15, -0.1) is 0 Å². The van der Waals surface area contributed by atoms with Gasteiger partial charge in [-0.1, -0.05) is 15.9 Å². The largest absolute Gasteiger partial charge is 0.382 e. The quantitative estimate of drug-likeness (QED) is 0.850. The summed E-state index contributed by atoms with van der Waals surface area (Å²) in [4.78, 5) is 0. The van der Waals surface area contributed by atoms with Gasteiger partial charge in [-0.25, -0.2) is 4.68 Å². The number of fused-ring (bicyclic) bond motifs is 1. The van der Waals surface area contributed by atoms with E-state index in [0.29, 0.717) is 5.82 Å². The normalized spacial score (nSPS) is 14.0. The molecule has 2 aromatic rings. The van der Waals surface area contributed by atoms with Crippen molar-refractivity contribution in [2.45, 2.75) is 19.3 Å². The number of benzene rings is 1. The molecule has 0 fully saturated rings. The maximum atomic E-state index is 5.95. The zero-order valence-electron chi connectivity index (χ0n) is 9.08. The van der Waals surface area contributed by atoms with Gasteiger partial charge in [-0.3, -0.25) is 0 Å². The second-order valence-electron chi connectivity index (χ2n) is 4.17. The van der Waals surface area contributed by atoms with Crippen LogP contribution < -0.4 is 5.73 Å². The van der Waals surface area contributed by atoms with Crippen LogP contribution in [0.25, 0.3) is 5.69 Å². The summed E-state index contributed by atoms with van der Waals surface area (Å²) < 4.78 is 4.03. The summed E-state index contributed by atoms with van der Waals surface area (Å²) in [5.74, 6) is 0.673. The van der Waals surface area contributed by atoms with Gasteiger partial charge in [0.2, 0.25) is 0 Å². The molecule has 0 spiro atoms. The Morgan fingerprint density at radius 1 is 1.24 bits per heavy atom. The summed E-state index contributed by atoms with van der Waals surface area (Å²) in [7, 11) is 0. The molecule has 0 atom stereocenters. The lowest BCUT2D eigenvalue weighted by atomic mass is 10.2. The molecular weight excluding hydrogens is 346 g/mol. The predicted octanol–water partition coefficient (Wildman–Crippen LogP) is 3.47. The summed E-state index contributed by atoms with van der Waals surface area (Å²) in [6, 6.07) is 6.08. The molecule has 3 nitrogen and oxygen atoms in total. The van der Waals surface area contributed by atoms with Gasteiger partial charge in [-0.2, -0.15) is 5.10 Å². The monoisotopic (exact) mass is 355 g/mol. The second kappa shape index (κ2) is 4.14. The molecule has 1 heterocycles. The van der Waals surface area contributed by atoms with Crippen LogP contribution in [-0.4, -0.2) is 9.78 Å². The first-order valence-electron chi connectivity index (χ1n) is 5.48. The van der Waals surface area contributed by atoms with Gasteiger partial charge in [0.1, 0.15) is 5.82 Å². The number of nitrogens with zero attached hydrogens (tertiary/aromatic N) is 2. The number of nitrogen functional groups attached to an aromatic ring is 1. The molecule has 88 valence electrons. The fourth-order valence-electron chi connectivity index (χ4n) is 2.32. The van der Waals surface area contributed by atoms with Crippen LogP contribution in [0.5, 0.6) is 0 Å². The lowest BCUT2D eigenvalue weighted by Gasteiger charge is -2.08. The molecule has 5 heteroatoms. The van der Waals surface area contributed by atoms with Crippen LogP contribution in [0, 0.1) is 0 Å². The zero-order chi connectivity index (χ0) is 12.0. The van der Waals surface area contributed by atoms with E-state index < -0.39 is 0 Å². The maximum absolute atomic E-state index is 5.95. The second-order valence-corrected chi connectivity index (χ2v) is 5.94. The highest BCUT2D eigenvalue weighted by atomic mass is 79.9. The molecule has 1 aliphatic carbocycles. The number of halogens is 2. The molecular formula is C12H11Br2N3. The molecule has 1 aromatic carbocycles. The Hall–Kier alpha value is -0.810. The van der Waals surface area contributed by atoms with Crippen molar-refractivity contribution < 1.29 is 0 Å². The van der Waals surface area contributed by atoms with Crippen LogP contribution in [-0.2, 0) is 12.8 Å². The van der Waals surface area contributed by atoms with E-state index in [-0.39, 0.29) is 0 Å². The van der Waals surface area contributed by atoms with Crippen molar-refractivity contribution in [1.82, 2.24) is 9.78 Å². The van der Waals surface area contributed by atoms with Crippen LogP contribution in [0.2, 0.25) is 0 Å². The summed E-state index contributed by atoms with van der Waals surface area (Å²) >= 11 is 7.02. The Kier molecular flexibility index (Phi) is 2.75. The van der Waals surface area contributed by atoms with Crippen LogP contribution >= 0.6 is 31.9 Å². The molecule has 1 aromatic heterocycles. The van der Waals surface area contributed by atoms with Crippen molar-refractivity contribution in [2.75, 3.05) is 5.73 Å². The number of rotatable bonds is 1. The van der Waals surface area contributed by atoms with E-state index in [1.807, 2.05) is 22.9 Å². The Morgan fingerprint density at radius 2 is 2.06 bits per heavy atom. The average Bonchev–Trinajstić information content (AvgIpc) is 2.84. The molecule has 2 N–H and O–H groups in total. The first-order valence-corrected chi connectivity index (χ1v) is 7.07. The van der Waals surface area contributed by atoms with Crippen molar-refractivity contribution in [1.29, 1.82) is 0 Å². The average molecular weight is 357 g/mol. The maximum Gasteiger partial charge on any atom is 0.149 e. The zero-order valence-corrected chi connectivity index (χ0v) is 12.3. The molecule has 0 saturated heterocycles. The lowest BCUT2D eigenvalue weighted by Crippen LogP contribution is -2.02. The highest BCUT2D eigenvalue weighted by molar-refractivity contribution is 9.11. The van der Waals surface area contributed by atoms with E-state index in [1.54, 1.807) is 0 Å². The fourth-order valence-corrected chi connectivity index (χ4v) is 3.53. The van der Waals surface area contributed by atoms with Gasteiger partial charge in [-0.05, 0) is 53.4 Å². The highest BCUT2D eigenvalue weighted by Gasteiger charge is 2.22. The Morgan fingerprint density at radius 3 is 2.82 bits per heavy atom. The first kappa shape index (κ1) is 11.3. The van der Waals surface area contributed by atoms with Gasteiger partial charge >= 0.3 is 0 Å². The molecule has 0 radical (unpaired) electrons. The first-order chi connectivity index (χ1) is 8.16. The third-order valence-electron chi connectivity index (χ3n) is 3.10. The molecule has 0 amide bonds. The SMILES string of the molecule is Nc1nn(-c2ccc(Br)cc2Br)c2c1CCC2. The Balaban J connectivity index is 2.19. The van der Waals surface area contributed by atoms with E-state index >= 15 is 0 Å². The van der Waals surface area contributed by atoms with E-state index in [1.165, 1.54) is 17.7 Å². The van der Waals surface area contributed by atoms with Crippen LogP contribution in [0.4, 0.5) is 5.82 Å². The minimum absolute atomic E-state index is 0.673. The van der Waals surface area contributed by atoms with Gasteiger partial charge < -0.3 is 5.73 Å². The Bertz CT molecular complexity index is 590. The van der Waals surface area contributed by atoms with Gasteiger partial charge in [0.05, 0.1) is 5.69 Å². The third-order valence-corrected chi connectivity index (χ3v) is 4.23. The number of hydrogen-bond acceptors (Lipinski definition) is 2. The van der Waals surface area contributed by atoms with E-state index in [4.69, 9.17) is 5.73 Å². The fraction of sp³-hybridized carbons (Fsp3) is 0.250. The van der Waals surface area contributed by atoms with Crippen LogP contribution in [0.1, 0.15) is 17.7 Å². The van der Waals surface area contributed by atoms with Gasteiger partial charge in [0.25, 0.3) is 0 Å². The lowest BCUT2D eigenvalue weighted by molar-refractivity contribution is 0.786. The molecule has 17 heavy (non-hydrogen) atoms. The number of nitrogens with two attached hydrogens (primary N) is 1. The molecule has 0 saturated carbocycles. The van der Waals surface area contributed by atoms with E-state index in [9.17, 15) is 0 Å². The van der Waals surface area contributed by atoms with E-state index in [2.05, 4.69) is 37.0 Å². The minimum atomic E-state index is 0.673. The van der Waals surface area contributed by atoms with Gasteiger partial charge in [0.15, 0.2) is 0 Å². The molecule has 0 aliphatic heterocycles. The summed E-state index contributed by atoms with van der Waals surface area (Å²) in [5, 5.41) is 4.44. The highest BCUT2D eigenvalue weighted by Crippen LogP contribution is 2.32. The van der Waals surface area contributed by atoms with Crippen LogP contribution in [0.15, 0.2) is 27.1 Å². The van der Waals surface area contributed by atoms with Crippen molar-refractivity contribution >= 4 is 37.7 Å². The summed E-state index contributed by atoms with van der Waals surface area (Å²) in [6.07, 6.45) is 3.28. The van der Waals surface area contributed by atoms with Crippen LogP contribution in [0.3, 0.4) is 0 Å². The number of hydrogen-bond donors (Lipinski definition) is 1. The standard InChI is InChI=1S/C12H11Br2N3/c13-7-4-5-11(9(14)6-7)17-10-3-1-2-8(10)12(15)16-17/h4-6H,1-3H2,(H2,15,16). The van der Waals surface area contributed by atoms with Crippen molar-refractivity contribution in [3.05, 3.63) is 38.4 Å². The molecule has 0 unspecified atom stereocenters. The minimum Gasteiger partial charge on any atom is -0.382 e. The summed E-state index contributed by atoms with van der Waals surface area (Å²) in [6.45, 7) is 0. The Labute approximate surface area is 116 Å². The predicted molar refractivity (Wildman–Crippen MR) is 75.4 cm³/mol. The van der Waals surface area contributed by atoms with Crippen molar-refractivity contribution in [3.8, 4) is 5.69 Å². The van der Waals surface area contributed by atoms with E-state index in [0.717, 1.165) is 27.5 Å². The number of aromatic nitrogens is 2. The van der Waals surface area contributed by atoms with Crippen molar-refractivity contribution in [2.24, 2.45) is 0 Å².